The van der Waals surface area contributed by atoms with E-state index >= 15 is 0 Å². The number of hydrogen-bond donors (Lipinski definition) is 4. The third-order valence-corrected chi connectivity index (χ3v) is 6.35. The van der Waals surface area contributed by atoms with Gasteiger partial charge in [-0.05, 0) is 47.5 Å². The lowest BCUT2D eigenvalue weighted by Gasteiger charge is -2.40. The van der Waals surface area contributed by atoms with Crippen LogP contribution in [0.15, 0.2) is 10.5 Å². The van der Waals surface area contributed by atoms with Gasteiger partial charge >= 0.3 is 12.1 Å². The highest BCUT2D eigenvalue weighted by molar-refractivity contribution is 7.14. The van der Waals surface area contributed by atoms with Crippen LogP contribution in [0.5, 0.6) is 0 Å². The maximum absolute atomic E-state index is 13.2. The number of piperidine rings is 1. The lowest BCUT2D eigenvalue weighted by Crippen LogP contribution is -2.72. The standard InChI is InChI=1S/C23H32N6O8S/c1-22(2,3)36-21(35)27-20-25-13(11-38-20)16(28-37-23(4,5)19(33)34)18(32)26-15-12(24-17(15)31)10-29-9-7-6-8-14(29)30/h11-12,15H,6-10H2,1-5H3,(H,24,31)(H,26,32)(H,33,34)(H,25,27,35)/b28-16-/t12-,15+/m1/s1. The second kappa shape index (κ2) is 11.3. The molecule has 0 radical (unpaired) electrons. The predicted molar refractivity (Wildman–Crippen MR) is 136 cm³/mol. The summed E-state index contributed by atoms with van der Waals surface area (Å²) in [7, 11) is 0. The zero-order chi connectivity index (χ0) is 28.3. The molecule has 2 aliphatic heterocycles. The van der Waals surface area contributed by atoms with Crippen LogP contribution in [0.1, 0.15) is 59.6 Å². The molecule has 15 heteroatoms. The number of carboxylic acids is 1. The Bertz CT molecular complexity index is 1140. The minimum Gasteiger partial charge on any atom is -0.478 e. The Labute approximate surface area is 223 Å². The number of β-lactam (4-membered cyclic amide) rings is 1. The molecule has 4 amide bonds. The van der Waals surface area contributed by atoms with E-state index in [4.69, 9.17) is 9.57 Å². The fourth-order valence-electron chi connectivity index (χ4n) is 3.50. The summed E-state index contributed by atoms with van der Waals surface area (Å²) in [6, 6.07) is -1.46. The Balaban J connectivity index is 1.77. The fourth-order valence-corrected chi connectivity index (χ4v) is 4.18. The van der Waals surface area contributed by atoms with Gasteiger partial charge in [0.1, 0.15) is 17.3 Å². The van der Waals surface area contributed by atoms with Crippen molar-refractivity contribution in [2.24, 2.45) is 5.16 Å². The van der Waals surface area contributed by atoms with Crippen LogP contribution < -0.4 is 16.0 Å². The summed E-state index contributed by atoms with van der Waals surface area (Å²) in [5, 5.41) is 22.3. The molecular formula is C23H32N6O8S. The van der Waals surface area contributed by atoms with Crippen LogP contribution in [-0.2, 0) is 28.8 Å². The van der Waals surface area contributed by atoms with Gasteiger partial charge in [-0.15, -0.1) is 11.3 Å². The third-order valence-electron chi connectivity index (χ3n) is 5.59. The van der Waals surface area contributed by atoms with E-state index in [1.165, 1.54) is 19.2 Å². The Hall–Kier alpha value is -3.75. The van der Waals surface area contributed by atoms with Gasteiger partial charge in [-0.3, -0.25) is 19.7 Å². The number of oxime groups is 1. The van der Waals surface area contributed by atoms with Crippen molar-refractivity contribution < 1.29 is 38.7 Å². The molecule has 2 atom stereocenters. The number of carbonyl (C=O) groups excluding carboxylic acids is 4. The molecule has 4 N–H and O–H groups in total. The molecule has 14 nitrogen and oxygen atoms in total. The lowest BCUT2D eigenvalue weighted by molar-refractivity contribution is -0.161. The quantitative estimate of drug-likeness (QED) is 0.197. The normalized spacial score (nSPS) is 20.2. The highest BCUT2D eigenvalue weighted by Gasteiger charge is 2.43. The van der Waals surface area contributed by atoms with Crippen molar-refractivity contribution in [3.05, 3.63) is 11.1 Å². The molecule has 38 heavy (non-hydrogen) atoms. The van der Waals surface area contributed by atoms with Crippen molar-refractivity contribution in [2.45, 2.75) is 77.2 Å². The minimum absolute atomic E-state index is 0.0125. The van der Waals surface area contributed by atoms with Crippen LogP contribution in [0.4, 0.5) is 9.93 Å². The highest BCUT2D eigenvalue weighted by Crippen LogP contribution is 2.20. The summed E-state index contributed by atoms with van der Waals surface area (Å²) in [6.45, 7) is 8.39. The van der Waals surface area contributed by atoms with E-state index in [1.54, 1.807) is 25.7 Å². The first-order chi connectivity index (χ1) is 17.7. The topological polar surface area (TPSA) is 189 Å². The molecule has 0 aromatic carbocycles. The summed E-state index contributed by atoms with van der Waals surface area (Å²) in [6.07, 6.45) is 1.36. The molecule has 3 rings (SSSR count). The number of carbonyl (C=O) groups is 5. The second-order valence-electron chi connectivity index (χ2n) is 10.4. The summed E-state index contributed by atoms with van der Waals surface area (Å²) >= 11 is 0.973. The highest BCUT2D eigenvalue weighted by atomic mass is 32.1. The first-order valence-corrected chi connectivity index (χ1v) is 12.9. The van der Waals surface area contributed by atoms with Crippen molar-refractivity contribution in [2.75, 3.05) is 18.4 Å². The number of nitrogens with one attached hydrogen (secondary N) is 3. The number of thiazole rings is 1. The van der Waals surface area contributed by atoms with Crippen LogP contribution >= 0.6 is 11.3 Å². The fraction of sp³-hybridized carbons (Fsp3) is 0.609. The predicted octanol–water partition coefficient (Wildman–Crippen LogP) is 1.07. The summed E-state index contributed by atoms with van der Waals surface area (Å²) < 4.78 is 5.19. The van der Waals surface area contributed by atoms with Gasteiger partial charge in [0.05, 0.1) is 6.04 Å². The average molecular weight is 553 g/mol. The molecule has 0 bridgehead atoms. The number of likely N-dealkylation sites (tertiary alicyclic amines) is 1. The van der Waals surface area contributed by atoms with E-state index < -0.39 is 52.9 Å². The Morgan fingerprint density at radius 2 is 1.95 bits per heavy atom. The smallest absolute Gasteiger partial charge is 0.413 e. The third kappa shape index (κ3) is 7.40. The first kappa shape index (κ1) is 28.8. The van der Waals surface area contributed by atoms with E-state index in [1.807, 2.05) is 0 Å². The first-order valence-electron chi connectivity index (χ1n) is 12.0. The van der Waals surface area contributed by atoms with Crippen molar-refractivity contribution in [1.82, 2.24) is 20.5 Å². The van der Waals surface area contributed by atoms with Crippen LogP contribution in [0.3, 0.4) is 0 Å². The summed E-state index contributed by atoms with van der Waals surface area (Å²) in [4.78, 5) is 72.1. The van der Waals surface area contributed by atoms with E-state index in [0.717, 1.165) is 24.2 Å². The van der Waals surface area contributed by atoms with Crippen LogP contribution in [-0.4, -0.2) is 86.9 Å². The van der Waals surface area contributed by atoms with Crippen LogP contribution in [0.2, 0.25) is 0 Å². The van der Waals surface area contributed by atoms with Crippen molar-refractivity contribution in [3.8, 4) is 0 Å². The molecule has 1 aromatic heterocycles. The Morgan fingerprint density at radius 1 is 1.24 bits per heavy atom. The second-order valence-corrected chi connectivity index (χ2v) is 11.2. The van der Waals surface area contributed by atoms with Gasteiger partial charge in [0.15, 0.2) is 10.8 Å². The number of nitrogens with zero attached hydrogens (tertiary/aromatic N) is 3. The number of ether oxygens (including phenoxy) is 1. The van der Waals surface area contributed by atoms with Gasteiger partial charge in [0.25, 0.3) is 5.91 Å². The van der Waals surface area contributed by atoms with Gasteiger partial charge < -0.3 is 30.2 Å². The zero-order valence-electron chi connectivity index (χ0n) is 21.8. The molecule has 3 heterocycles. The number of amides is 4. The Morgan fingerprint density at radius 3 is 2.55 bits per heavy atom. The average Bonchev–Trinajstić information content (AvgIpc) is 3.25. The number of aliphatic carboxylic acids is 1. The summed E-state index contributed by atoms with van der Waals surface area (Å²) in [5.74, 6) is -2.63. The zero-order valence-corrected chi connectivity index (χ0v) is 22.6. The van der Waals surface area contributed by atoms with Crippen molar-refractivity contribution >= 4 is 52.0 Å². The molecule has 1 aromatic rings. The summed E-state index contributed by atoms with van der Waals surface area (Å²) in [5.41, 5.74) is -2.95. The molecule has 0 saturated carbocycles. The van der Waals surface area contributed by atoms with Crippen molar-refractivity contribution in [3.63, 3.8) is 0 Å². The molecule has 2 saturated heterocycles. The SMILES string of the molecule is CC(C)(C)OC(=O)Nc1nc(/C(=N/OC(C)(C)C(=O)O)C(=O)N[C@@H]2C(=O)N[C@@H]2CN2CCCCC2=O)cs1. The van der Waals surface area contributed by atoms with Gasteiger partial charge in [0.2, 0.25) is 17.4 Å². The van der Waals surface area contributed by atoms with E-state index in [2.05, 4.69) is 26.1 Å². The van der Waals surface area contributed by atoms with Gasteiger partial charge in [-0.1, -0.05) is 5.16 Å². The molecule has 208 valence electrons. The Kier molecular flexibility index (Phi) is 8.59. The minimum atomic E-state index is -1.77. The molecule has 0 spiro atoms. The van der Waals surface area contributed by atoms with Crippen LogP contribution in [0, 0.1) is 0 Å². The van der Waals surface area contributed by atoms with Gasteiger partial charge in [0, 0.05) is 24.9 Å². The van der Waals surface area contributed by atoms with E-state index in [-0.39, 0.29) is 23.3 Å². The van der Waals surface area contributed by atoms with Gasteiger partial charge in [-0.25, -0.2) is 14.6 Å². The lowest BCUT2D eigenvalue weighted by atomic mass is 9.96. The van der Waals surface area contributed by atoms with Crippen molar-refractivity contribution in [1.29, 1.82) is 0 Å². The monoisotopic (exact) mass is 552 g/mol. The maximum atomic E-state index is 13.2. The van der Waals surface area contributed by atoms with E-state index in [0.29, 0.717) is 13.0 Å². The maximum Gasteiger partial charge on any atom is 0.413 e. The number of aromatic nitrogens is 1. The number of hydrogen-bond acceptors (Lipinski definition) is 10. The largest absolute Gasteiger partial charge is 0.478 e. The van der Waals surface area contributed by atoms with E-state index in [9.17, 15) is 29.1 Å². The molecule has 0 aliphatic carbocycles. The van der Waals surface area contributed by atoms with Gasteiger partial charge in [-0.2, -0.15) is 0 Å². The number of anilines is 1. The number of carboxylic acid groups (broad SMARTS) is 1. The molecule has 2 aliphatic rings. The molecular weight excluding hydrogens is 520 g/mol. The molecule has 0 unspecified atom stereocenters. The molecule has 2 fully saturated rings. The number of rotatable bonds is 9. The van der Waals surface area contributed by atoms with Crippen LogP contribution in [0.25, 0.3) is 0 Å².